The molecule has 72 heavy (non-hydrogen) atoms. The van der Waals surface area contributed by atoms with Gasteiger partial charge in [0.1, 0.15) is 5.82 Å². The molecule has 0 saturated carbocycles. The number of nitrogens with zero attached hydrogens (tertiary/aromatic N) is 5. The fraction of sp³-hybridized carbons (Fsp3) is 0.321. The number of carboxylic acid groups (broad SMARTS) is 2. The molecule has 2 aliphatic heterocycles. The predicted molar refractivity (Wildman–Crippen MR) is 279 cm³/mol. The molecule has 2 saturated heterocycles. The van der Waals surface area contributed by atoms with Gasteiger partial charge in [-0.05, 0) is 129 Å². The largest absolute Gasteiger partial charge is 0.465 e. The third-order valence-corrected chi connectivity index (χ3v) is 17.0. The smallest absolute Gasteiger partial charge is 0.407 e. The number of halogens is 1. The summed E-state index contributed by atoms with van der Waals surface area (Å²) in [4.78, 5) is 28.9. The van der Waals surface area contributed by atoms with Gasteiger partial charge >= 0.3 is 12.2 Å². The van der Waals surface area contributed by atoms with Crippen LogP contribution in [0.15, 0.2) is 180 Å². The van der Waals surface area contributed by atoms with E-state index in [2.05, 4.69) is 36.1 Å². The molecule has 0 spiro atoms. The fourth-order valence-corrected chi connectivity index (χ4v) is 13.1. The van der Waals surface area contributed by atoms with Gasteiger partial charge in [-0.15, -0.1) is 0 Å². The van der Waals surface area contributed by atoms with Gasteiger partial charge in [-0.25, -0.2) is 30.8 Å². The van der Waals surface area contributed by atoms with E-state index in [1.54, 1.807) is 48.5 Å². The van der Waals surface area contributed by atoms with E-state index in [0.717, 1.165) is 56.6 Å². The second-order valence-electron chi connectivity index (χ2n) is 18.3. The lowest BCUT2D eigenvalue weighted by molar-refractivity contribution is 0.0957. The monoisotopic (exact) mass is 1020 g/mol. The Morgan fingerprint density at radius 1 is 0.569 bits per heavy atom. The molecule has 380 valence electrons. The summed E-state index contributed by atoms with van der Waals surface area (Å²) in [6, 6.07) is 49.3. The van der Waals surface area contributed by atoms with E-state index in [9.17, 15) is 41.0 Å². The Kier molecular flexibility index (Phi) is 18.5. The maximum absolute atomic E-state index is 14.0. The zero-order chi connectivity index (χ0) is 51.1. The van der Waals surface area contributed by atoms with Crippen molar-refractivity contribution in [3.63, 3.8) is 0 Å². The van der Waals surface area contributed by atoms with E-state index in [-0.39, 0.29) is 28.4 Å². The zero-order valence-corrected chi connectivity index (χ0v) is 42.2. The molecule has 6 aromatic rings. The summed E-state index contributed by atoms with van der Waals surface area (Å²) in [5, 5.41) is 19.2. The fourth-order valence-electron chi connectivity index (χ4n) is 9.70. The predicted octanol–water partition coefficient (Wildman–Crippen LogP) is 11.0. The van der Waals surface area contributed by atoms with Crippen molar-refractivity contribution < 1.29 is 41.0 Å². The van der Waals surface area contributed by atoms with Gasteiger partial charge in [-0.3, -0.25) is 13.5 Å². The molecule has 2 fully saturated rings. The number of sulfonamides is 2. The van der Waals surface area contributed by atoms with Crippen molar-refractivity contribution in [1.82, 2.24) is 14.7 Å². The van der Waals surface area contributed by atoms with E-state index in [1.165, 1.54) is 41.7 Å². The minimum atomic E-state index is -4.04. The number of rotatable bonds is 18. The highest BCUT2D eigenvalue weighted by Crippen LogP contribution is 2.34. The normalized spacial score (nSPS) is 16.4. The molecule has 0 bridgehead atoms. The van der Waals surface area contributed by atoms with Crippen molar-refractivity contribution in [1.29, 1.82) is 0 Å². The van der Waals surface area contributed by atoms with Gasteiger partial charge in [0, 0.05) is 50.8 Å². The Hall–Kier alpha value is -6.75. The van der Waals surface area contributed by atoms with Crippen LogP contribution in [0.2, 0.25) is 0 Å². The lowest BCUT2D eigenvalue weighted by Gasteiger charge is -2.42. The van der Waals surface area contributed by atoms with Gasteiger partial charge in [0.15, 0.2) is 0 Å². The SMILES string of the molecule is CCCc1ccc(S(=O)(=O)N(c2ccccc2)C2CCN(C(=O)O)CC2)cc1.O=C(O)N1CC[C@H](N(c2ccccc2)S(=O)(=O)c2ccc(F)cc2)CC1CCCN(Cc1ccccc1)Cc1ccccc1. The van der Waals surface area contributed by atoms with Crippen LogP contribution in [0.3, 0.4) is 0 Å². The molecule has 2 N–H and O–H groups in total. The molecule has 6 aromatic carbocycles. The molecule has 8 rings (SSSR count). The number of benzene rings is 6. The van der Waals surface area contributed by atoms with E-state index in [0.29, 0.717) is 56.6 Å². The van der Waals surface area contributed by atoms with E-state index in [1.807, 2.05) is 72.8 Å². The lowest BCUT2D eigenvalue weighted by atomic mass is 9.93. The first-order valence-electron chi connectivity index (χ1n) is 24.6. The molecule has 0 radical (unpaired) electrons. The number of aryl methyl sites for hydroxylation is 1. The summed E-state index contributed by atoms with van der Waals surface area (Å²) in [5.74, 6) is -0.515. The average molecular weight is 1020 g/mol. The van der Waals surface area contributed by atoms with Crippen molar-refractivity contribution in [2.75, 3.05) is 34.8 Å². The number of hydrogen-bond acceptors (Lipinski definition) is 7. The maximum atomic E-state index is 14.0. The van der Waals surface area contributed by atoms with Crippen molar-refractivity contribution in [2.24, 2.45) is 0 Å². The van der Waals surface area contributed by atoms with Crippen LogP contribution in [-0.2, 0) is 39.6 Å². The Balaban J connectivity index is 0.000000234. The Labute approximate surface area is 423 Å². The topological polar surface area (TPSA) is 159 Å². The van der Waals surface area contributed by atoms with Crippen molar-refractivity contribution in [3.8, 4) is 0 Å². The highest BCUT2D eigenvalue weighted by Gasteiger charge is 2.40. The molecule has 2 heterocycles. The van der Waals surface area contributed by atoms with Gasteiger partial charge in [0.25, 0.3) is 20.0 Å². The molecule has 0 aromatic heterocycles. The standard InChI is InChI=1S/C35H38FN3O4S.C21H26N2O4S/c36-30-18-20-34(21-19-30)44(42,43)39(31-15-8-3-9-16-31)33-22-24-38(35(40)41)32(25-33)17-10-23-37(26-28-11-4-1-5-12-28)27-29-13-6-2-7-14-29;1-2-6-17-9-11-20(12-10-17)28(26,27)23(18-7-4-3-5-8-18)19-13-15-22(16-14-19)21(24)25/h1-9,11-16,18-21,32-33H,10,17,22-27H2,(H,40,41);3-5,7-12,19H,2,6,13-16H2,1H3,(H,24,25)/t32?,33-;/m0./s1. The van der Waals surface area contributed by atoms with Crippen LogP contribution in [0.5, 0.6) is 0 Å². The molecule has 16 heteroatoms. The van der Waals surface area contributed by atoms with Crippen LogP contribution in [0.1, 0.15) is 68.6 Å². The number of amides is 2. The van der Waals surface area contributed by atoms with Crippen LogP contribution < -0.4 is 8.61 Å². The summed E-state index contributed by atoms with van der Waals surface area (Å²) in [6.45, 7) is 5.26. The molecule has 2 amide bonds. The first-order chi connectivity index (χ1) is 34.7. The third-order valence-electron chi connectivity index (χ3n) is 13.3. The first-order valence-corrected chi connectivity index (χ1v) is 27.4. The molecule has 0 aliphatic carbocycles. The van der Waals surface area contributed by atoms with Gasteiger partial charge in [0.05, 0.1) is 21.2 Å². The Bertz CT molecular complexity index is 2820. The van der Waals surface area contributed by atoms with Crippen LogP contribution in [-0.4, -0.2) is 98.2 Å². The number of likely N-dealkylation sites (tertiary alicyclic amines) is 2. The Morgan fingerprint density at radius 2 is 1.01 bits per heavy atom. The number of piperidine rings is 2. The van der Waals surface area contributed by atoms with Crippen molar-refractivity contribution in [3.05, 3.63) is 192 Å². The summed E-state index contributed by atoms with van der Waals surface area (Å²) in [5.41, 5.74) is 4.63. The van der Waals surface area contributed by atoms with E-state index in [4.69, 9.17) is 0 Å². The van der Waals surface area contributed by atoms with Crippen LogP contribution in [0.25, 0.3) is 0 Å². The van der Waals surface area contributed by atoms with Crippen LogP contribution in [0, 0.1) is 5.82 Å². The lowest BCUT2D eigenvalue weighted by Crippen LogP contribution is -2.53. The van der Waals surface area contributed by atoms with E-state index >= 15 is 0 Å². The second-order valence-corrected chi connectivity index (χ2v) is 21.9. The number of para-hydroxylation sites is 2. The van der Waals surface area contributed by atoms with E-state index < -0.39 is 44.1 Å². The van der Waals surface area contributed by atoms with Crippen LogP contribution in [0.4, 0.5) is 25.4 Å². The highest BCUT2D eigenvalue weighted by molar-refractivity contribution is 7.93. The Morgan fingerprint density at radius 3 is 1.47 bits per heavy atom. The van der Waals surface area contributed by atoms with Crippen molar-refractivity contribution in [2.45, 2.75) is 99.3 Å². The minimum absolute atomic E-state index is 0.00238. The summed E-state index contributed by atoms with van der Waals surface area (Å²) >= 11 is 0. The van der Waals surface area contributed by atoms with Crippen LogP contribution >= 0.6 is 0 Å². The first kappa shape index (κ1) is 53.1. The number of hydrogen-bond donors (Lipinski definition) is 2. The minimum Gasteiger partial charge on any atom is -0.465 e. The number of carbonyl (C=O) groups is 2. The third kappa shape index (κ3) is 13.8. The zero-order valence-electron chi connectivity index (χ0n) is 40.6. The second kappa shape index (κ2) is 25.1. The molecule has 13 nitrogen and oxygen atoms in total. The average Bonchev–Trinajstić information content (AvgIpc) is 3.38. The number of anilines is 2. The molecule has 2 atom stereocenters. The quantitative estimate of drug-likeness (QED) is 0.0854. The van der Waals surface area contributed by atoms with Gasteiger partial charge in [0.2, 0.25) is 0 Å². The molecular formula is C56H64FN5O8S2. The van der Waals surface area contributed by atoms with Gasteiger partial charge in [-0.1, -0.05) is 123 Å². The van der Waals surface area contributed by atoms with Gasteiger partial charge < -0.3 is 20.0 Å². The summed E-state index contributed by atoms with van der Waals surface area (Å²) < 4.78 is 71.5. The highest BCUT2D eigenvalue weighted by atomic mass is 32.2. The molecular weight excluding hydrogens is 954 g/mol. The molecule has 2 aliphatic rings. The summed E-state index contributed by atoms with van der Waals surface area (Å²) in [6.07, 6.45) is 2.96. The van der Waals surface area contributed by atoms with Crippen molar-refractivity contribution >= 4 is 43.6 Å². The van der Waals surface area contributed by atoms with Gasteiger partial charge in [-0.2, -0.15) is 0 Å². The maximum Gasteiger partial charge on any atom is 0.407 e. The summed E-state index contributed by atoms with van der Waals surface area (Å²) in [7, 11) is -7.80. The molecule has 1 unspecified atom stereocenters.